The number of rotatable bonds is 4. The van der Waals surface area contributed by atoms with E-state index in [0.29, 0.717) is 11.1 Å². The third-order valence-electron chi connectivity index (χ3n) is 3.58. The highest BCUT2D eigenvalue weighted by Gasteiger charge is 2.14. The van der Waals surface area contributed by atoms with Crippen LogP contribution in [0.2, 0.25) is 0 Å². The van der Waals surface area contributed by atoms with Gasteiger partial charge in [0.2, 0.25) is 0 Å². The standard InChI is InChI=1S/C20H16O3/c21-19-13-7-4-10-16(19)14-23-20(22)18-12-6-5-11-17(18)15-8-2-1-3-9-15/h1-13,21H,14H2. The van der Waals surface area contributed by atoms with E-state index in [1.165, 1.54) is 0 Å². The van der Waals surface area contributed by atoms with Gasteiger partial charge in [-0.15, -0.1) is 0 Å². The van der Waals surface area contributed by atoms with Crippen molar-refractivity contribution >= 4 is 5.97 Å². The van der Waals surface area contributed by atoms with Crippen molar-refractivity contribution in [3.05, 3.63) is 90.0 Å². The highest BCUT2D eigenvalue weighted by atomic mass is 16.5. The summed E-state index contributed by atoms with van der Waals surface area (Å²) < 4.78 is 5.36. The van der Waals surface area contributed by atoms with E-state index in [1.54, 1.807) is 30.3 Å². The van der Waals surface area contributed by atoms with Gasteiger partial charge >= 0.3 is 5.97 Å². The summed E-state index contributed by atoms with van der Waals surface area (Å²) in [5.41, 5.74) is 2.88. The SMILES string of the molecule is O=C(OCc1ccccc1O)c1ccccc1-c1ccccc1. The predicted octanol–water partition coefficient (Wildman–Crippen LogP) is 4.42. The molecule has 0 amide bonds. The Morgan fingerprint density at radius 3 is 2.26 bits per heavy atom. The first-order valence-electron chi connectivity index (χ1n) is 7.34. The van der Waals surface area contributed by atoms with Gasteiger partial charge in [0.25, 0.3) is 0 Å². The second-order valence-electron chi connectivity index (χ2n) is 5.12. The van der Waals surface area contributed by atoms with Gasteiger partial charge in [-0.1, -0.05) is 66.7 Å². The maximum atomic E-state index is 12.4. The van der Waals surface area contributed by atoms with Gasteiger partial charge in [0.05, 0.1) is 5.56 Å². The Balaban J connectivity index is 1.82. The molecule has 3 nitrogen and oxygen atoms in total. The number of esters is 1. The van der Waals surface area contributed by atoms with Gasteiger partial charge in [0.1, 0.15) is 12.4 Å². The van der Waals surface area contributed by atoms with Crippen LogP contribution in [0.25, 0.3) is 11.1 Å². The number of hydrogen-bond donors (Lipinski definition) is 1. The number of benzene rings is 3. The van der Waals surface area contributed by atoms with Gasteiger partial charge in [-0.3, -0.25) is 0 Å². The summed E-state index contributed by atoms with van der Waals surface area (Å²) in [6.45, 7) is 0.0363. The fourth-order valence-electron chi connectivity index (χ4n) is 2.38. The molecule has 23 heavy (non-hydrogen) atoms. The first kappa shape index (κ1) is 14.9. The molecule has 0 unspecified atom stereocenters. The first-order chi connectivity index (χ1) is 11.3. The topological polar surface area (TPSA) is 46.5 Å². The van der Waals surface area contributed by atoms with Crippen molar-refractivity contribution < 1.29 is 14.6 Å². The minimum Gasteiger partial charge on any atom is -0.508 e. The van der Waals surface area contributed by atoms with Crippen LogP contribution in [0.5, 0.6) is 5.75 Å². The third kappa shape index (κ3) is 3.40. The molecule has 0 fully saturated rings. The fraction of sp³-hybridized carbons (Fsp3) is 0.0500. The van der Waals surface area contributed by atoms with E-state index in [4.69, 9.17) is 4.74 Å². The number of carbonyl (C=O) groups is 1. The van der Waals surface area contributed by atoms with E-state index in [2.05, 4.69) is 0 Å². The Hall–Kier alpha value is -3.07. The molecule has 0 saturated carbocycles. The maximum absolute atomic E-state index is 12.4. The average molecular weight is 304 g/mol. The summed E-state index contributed by atoms with van der Waals surface area (Å²) in [4.78, 5) is 12.4. The summed E-state index contributed by atoms with van der Waals surface area (Å²) in [6.07, 6.45) is 0. The molecule has 3 rings (SSSR count). The molecule has 114 valence electrons. The van der Waals surface area contributed by atoms with Crippen molar-refractivity contribution in [2.75, 3.05) is 0 Å². The van der Waals surface area contributed by atoms with Crippen LogP contribution in [0.4, 0.5) is 0 Å². The average Bonchev–Trinajstić information content (AvgIpc) is 2.61. The van der Waals surface area contributed by atoms with E-state index < -0.39 is 5.97 Å². The van der Waals surface area contributed by atoms with Crippen molar-refractivity contribution in [1.29, 1.82) is 0 Å². The van der Waals surface area contributed by atoms with Crippen LogP contribution in [-0.4, -0.2) is 11.1 Å². The molecule has 0 saturated heterocycles. The normalized spacial score (nSPS) is 10.3. The third-order valence-corrected chi connectivity index (χ3v) is 3.58. The molecule has 0 aromatic heterocycles. The Morgan fingerprint density at radius 2 is 1.48 bits per heavy atom. The molecule has 3 aromatic rings. The number of aromatic hydroxyl groups is 1. The second-order valence-corrected chi connectivity index (χ2v) is 5.12. The zero-order valence-corrected chi connectivity index (χ0v) is 12.5. The maximum Gasteiger partial charge on any atom is 0.339 e. The molecule has 1 N–H and O–H groups in total. The summed E-state index contributed by atoms with van der Waals surface area (Å²) in [5, 5.41) is 9.74. The van der Waals surface area contributed by atoms with Crippen molar-refractivity contribution in [1.82, 2.24) is 0 Å². The van der Waals surface area contributed by atoms with Crippen LogP contribution in [0.3, 0.4) is 0 Å². The largest absolute Gasteiger partial charge is 0.508 e. The predicted molar refractivity (Wildman–Crippen MR) is 89.1 cm³/mol. The minimum absolute atomic E-state index is 0.0363. The molecular weight excluding hydrogens is 288 g/mol. The van der Waals surface area contributed by atoms with Crippen LogP contribution in [0.1, 0.15) is 15.9 Å². The highest BCUT2D eigenvalue weighted by Crippen LogP contribution is 2.25. The van der Waals surface area contributed by atoms with Gasteiger partial charge in [0.15, 0.2) is 0 Å². The van der Waals surface area contributed by atoms with Gasteiger partial charge < -0.3 is 9.84 Å². The van der Waals surface area contributed by atoms with Gasteiger partial charge in [0, 0.05) is 5.56 Å². The Labute approximate surface area is 134 Å². The van der Waals surface area contributed by atoms with E-state index in [1.807, 2.05) is 48.5 Å². The lowest BCUT2D eigenvalue weighted by Crippen LogP contribution is -2.07. The smallest absolute Gasteiger partial charge is 0.339 e. The summed E-state index contributed by atoms with van der Waals surface area (Å²) in [5.74, 6) is -0.288. The van der Waals surface area contributed by atoms with Crippen LogP contribution >= 0.6 is 0 Å². The Bertz CT molecular complexity index is 810. The lowest BCUT2D eigenvalue weighted by atomic mass is 10.00. The van der Waals surface area contributed by atoms with Crippen LogP contribution in [0.15, 0.2) is 78.9 Å². The van der Waals surface area contributed by atoms with Gasteiger partial charge in [-0.25, -0.2) is 4.79 Å². The summed E-state index contributed by atoms with van der Waals surface area (Å²) in [7, 11) is 0. The van der Waals surface area contributed by atoms with E-state index in [-0.39, 0.29) is 12.4 Å². The molecule has 3 aromatic carbocycles. The van der Waals surface area contributed by atoms with Gasteiger partial charge in [-0.2, -0.15) is 0 Å². The fourth-order valence-corrected chi connectivity index (χ4v) is 2.38. The molecule has 0 spiro atoms. The van der Waals surface area contributed by atoms with Crippen molar-refractivity contribution in [3.8, 4) is 16.9 Å². The number of phenols is 1. The summed E-state index contributed by atoms with van der Waals surface area (Å²) in [6, 6.07) is 23.9. The molecule has 0 heterocycles. The Morgan fingerprint density at radius 1 is 0.826 bits per heavy atom. The van der Waals surface area contributed by atoms with Crippen molar-refractivity contribution in [2.24, 2.45) is 0 Å². The number of hydrogen-bond acceptors (Lipinski definition) is 3. The second kappa shape index (κ2) is 6.79. The monoisotopic (exact) mass is 304 g/mol. The molecular formula is C20H16O3. The quantitative estimate of drug-likeness (QED) is 0.726. The van der Waals surface area contributed by atoms with Crippen LogP contribution in [-0.2, 0) is 11.3 Å². The molecule has 0 atom stereocenters. The lowest BCUT2D eigenvalue weighted by molar-refractivity contribution is 0.0471. The van der Waals surface area contributed by atoms with E-state index in [9.17, 15) is 9.90 Å². The number of para-hydroxylation sites is 1. The van der Waals surface area contributed by atoms with Crippen LogP contribution < -0.4 is 0 Å². The lowest BCUT2D eigenvalue weighted by Gasteiger charge is -2.10. The number of phenolic OH excluding ortho intramolecular Hbond substituents is 1. The molecule has 0 aliphatic heterocycles. The summed E-state index contributed by atoms with van der Waals surface area (Å²) >= 11 is 0. The Kier molecular flexibility index (Phi) is 4.39. The van der Waals surface area contributed by atoms with E-state index >= 15 is 0 Å². The highest BCUT2D eigenvalue weighted by molar-refractivity contribution is 5.97. The zero-order valence-electron chi connectivity index (χ0n) is 12.5. The molecule has 3 heteroatoms. The number of ether oxygens (including phenoxy) is 1. The minimum atomic E-state index is -0.410. The molecule has 0 radical (unpaired) electrons. The van der Waals surface area contributed by atoms with E-state index in [0.717, 1.165) is 11.1 Å². The number of carbonyl (C=O) groups excluding carboxylic acids is 1. The zero-order chi connectivity index (χ0) is 16.1. The van der Waals surface area contributed by atoms with Crippen molar-refractivity contribution in [3.63, 3.8) is 0 Å². The molecule has 0 bridgehead atoms. The first-order valence-corrected chi connectivity index (χ1v) is 7.34. The van der Waals surface area contributed by atoms with Crippen molar-refractivity contribution in [2.45, 2.75) is 6.61 Å². The molecule has 0 aliphatic carbocycles. The molecule has 0 aliphatic rings. The van der Waals surface area contributed by atoms with Gasteiger partial charge in [-0.05, 0) is 23.3 Å². The van der Waals surface area contributed by atoms with Crippen LogP contribution in [0, 0.1) is 0 Å².